The highest BCUT2D eigenvalue weighted by molar-refractivity contribution is 5.94. The fourth-order valence-electron chi connectivity index (χ4n) is 2.88. The number of ether oxygens (including phenoxy) is 2. The van der Waals surface area contributed by atoms with Gasteiger partial charge in [-0.3, -0.25) is 4.79 Å². The molecule has 0 saturated carbocycles. The van der Waals surface area contributed by atoms with Crippen LogP contribution in [0.4, 0.5) is 5.82 Å². The molecule has 0 spiro atoms. The van der Waals surface area contributed by atoms with Crippen LogP contribution in [0.25, 0.3) is 0 Å². The first-order valence-corrected chi connectivity index (χ1v) is 8.47. The van der Waals surface area contributed by atoms with Gasteiger partial charge in [0.15, 0.2) is 11.5 Å². The van der Waals surface area contributed by atoms with Crippen LogP contribution >= 0.6 is 0 Å². The summed E-state index contributed by atoms with van der Waals surface area (Å²) in [4.78, 5) is 12.6. The lowest BCUT2D eigenvalue weighted by molar-refractivity contribution is -0.125. The third kappa shape index (κ3) is 3.39. The summed E-state index contributed by atoms with van der Waals surface area (Å²) in [5.41, 5.74) is 1.94. The lowest BCUT2D eigenvalue weighted by Gasteiger charge is -2.25. The zero-order valence-corrected chi connectivity index (χ0v) is 14.4. The van der Waals surface area contributed by atoms with Gasteiger partial charge in [0, 0.05) is 6.07 Å². The first-order chi connectivity index (χ1) is 12.7. The quantitative estimate of drug-likeness (QED) is 0.786. The van der Waals surface area contributed by atoms with E-state index in [4.69, 9.17) is 9.47 Å². The normalized spacial score (nSPS) is 15.5. The molecule has 1 aliphatic heterocycles. The molecule has 0 fully saturated rings. The Hall–Kier alpha value is -3.28. The summed E-state index contributed by atoms with van der Waals surface area (Å²) in [5.74, 6) is 1.61. The molecule has 1 unspecified atom stereocenters. The van der Waals surface area contributed by atoms with Gasteiger partial charge in [-0.25, -0.2) is 4.68 Å². The number of nitrogens with one attached hydrogen (secondary N) is 1. The minimum absolute atomic E-state index is 0.175. The molecule has 3 aromatic rings. The van der Waals surface area contributed by atoms with Crippen LogP contribution in [-0.4, -0.2) is 28.4 Å². The van der Waals surface area contributed by atoms with Crippen molar-refractivity contribution in [1.82, 2.24) is 9.78 Å². The van der Waals surface area contributed by atoms with Gasteiger partial charge in [0.25, 0.3) is 5.91 Å². The van der Waals surface area contributed by atoms with E-state index in [-0.39, 0.29) is 12.5 Å². The molecule has 2 heterocycles. The topological polar surface area (TPSA) is 65.4 Å². The Morgan fingerprint density at radius 1 is 1.15 bits per heavy atom. The maximum absolute atomic E-state index is 12.6. The van der Waals surface area contributed by atoms with Gasteiger partial charge in [-0.15, -0.1) is 0 Å². The van der Waals surface area contributed by atoms with E-state index in [0.717, 1.165) is 11.3 Å². The van der Waals surface area contributed by atoms with Crippen LogP contribution < -0.4 is 14.8 Å². The molecule has 0 aliphatic carbocycles. The number of aryl methyl sites for hydroxylation is 1. The van der Waals surface area contributed by atoms with E-state index in [1.54, 1.807) is 10.7 Å². The molecule has 0 bridgehead atoms. The fraction of sp³-hybridized carbons (Fsp3) is 0.200. The summed E-state index contributed by atoms with van der Waals surface area (Å²) in [6.07, 6.45) is -0.703. The van der Waals surface area contributed by atoms with Crippen LogP contribution in [0.1, 0.15) is 11.3 Å². The lowest BCUT2D eigenvalue weighted by Crippen LogP contribution is -2.40. The summed E-state index contributed by atoms with van der Waals surface area (Å²) >= 11 is 0. The molecule has 0 radical (unpaired) electrons. The smallest absolute Gasteiger partial charge is 0.270 e. The number of hydrogen-bond acceptors (Lipinski definition) is 4. The molecule has 2 aromatic carbocycles. The average molecular weight is 349 g/mol. The van der Waals surface area contributed by atoms with Crippen molar-refractivity contribution in [1.29, 1.82) is 0 Å². The molecule has 1 amide bonds. The summed E-state index contributed by atoms with van der Waals surface area (Å²) in [7, 11) is 0. The second-order valence-corrected chi connectivity index (χ2v) is 6.17. The Morgan fingerprint density at radius 3 is 2.69 bits per heavy atom. The Kier molecular flexibility index (Phi) is 4.31. The summed E-state index contributed by atoms with van der Waals surface area (Å²) in [5, 5.41) is 7.38. The largest absolute Gasteiger partial charge is 0.485 e. The first-order valence-electron chi connectivity index (χ1n) is 8.47. The highest BCUT2D eigenvalue weighted by Gasteiger charge is 2.28. The highest BCUT2D eigenvalue weighted by atomic mass is 16.6. The van der Waals surface area contributed by atoms with Crippen molar-refractivity contribution in [2.75, 3.05) is 11.9 Å². The van der Waals surface area contributed by atoms with Gasteiger partial charge in [-0.05, 0) is 24.6 Å². The van der Waals surface area contributed by atoms with Crippen molar-refractivity contribution in [3.8, 4) is 11.5 Å². The second-order valence-electron chi connectivity index (χ2n) is 6.17. The van der Waals surface area contributed by atoms with E-state index >= 15 is 0 Å². The van der Waals surface area contributed by atoms with E-state index in [2.05, 4.69) is 10.4 Å². The Morgan fingerprint density at radius 2 is 1.88 bits per heavy atom. The monoisotopic (exact) mass is 349 g/mol. The number of hydrogen-bond donors (Lipinski definition) is 1. The van der Waals surface area contributed by atoms with Crippen LogP contribution in [0, 0.1) is 6.92 Å². The van der Waals surface area contributed by atoms with Gasteiger partial charge in [0.1, 0.15) is 12.4 Å². The first kappa shape index (κ1) is 16.2. The minimum atomic E-state index is -0.703. The number of para-hydroxylation sites is 2. The minimum Gasteiger partial charge on any atom is -0.485 e. The Bertz CT molecular complexity index is 921. The van der Waals surface area contributed by atoms with Crippen LogP contribution in [0.5, 0.6) is 11.5 Å². The molecular formula is C20H19N3O3. The van der Waals surface area contributed by atoms with Crippen LogP contribution in [0.3, 0.4) is 0 Å². The van der Waals surface area contributed by atoms with Crippen LogP contribution in [-0.2, 0) is 11.3 Å². The number of carbonyl (C=O) groups excluding carboxylic acids is 1. The second kappa shape index (κ2) is 6.92. The Balaban J connectivity index is 1.48. The number of amides is 1. The van der Waals surface area contributed by atoms with E-state index in [0.29, 0.717) is 23.9 Å². The van der Waals surface area contributed by atoms with E-state index in [1.807, 2.05) is 61.5 Å². The number of aromatic nitrogens is 2. The van der Waals surface area contributed by atoms with Crippen molar-refractivity contribution in [2.45, 2.75) is 19.6 Å². The maximum atomic E-state index is 12.6. The van der Waals surface area contributed by atoms with E-state index in [9.17, 15) is 4.79 Å². The highest BCUT2D eigenvalue weighted by Crippen LogP contribution is 2.31. The molecule has 1 atom stereocenters. The van der Waals surface area contributed by atoms with Gasteiger partial charge >= 0.3 is 0 Å². The number of rotatable bonds is 4. The van der Waals surface area contributed by atoms with Crippen LogP contribution in [0.2, 0.25) is 0 Å². The molecular weight excluding hydrogens is 330 g/mol. The molecule has 4 rings (SSSR count). The van der Waals surface area contributed by atoms with Gasteiger partial charge in [-0.1, -0.05) is 42.5 Å². The Labute approximate surface area is 151 Å². The maximum Gasteiger partial charge on any atom is 0.270 e. The average Bonchev–Trinajstić information content (AvgIpc) is 3.01. The predicted octanol–water partition coefficient (Wildman–Crippen LogP) is 3.02. The van der Waals surface area contributed by atoms with Crippen molar-refractivity contribution >= 4 is 11.7 Å². The molecule has 1 aromatic heterocycles. The van der Waals surface area contributed by atoms with Crippen molar-refractivity contribution in [3.05, 3.63) is 71.9 Å². The molecule has 26 heavy (non-hydrogen) atoms. The molecule has 6 nitrogen and oxygen atoms in total. The van der Waals surface area contributed by atoms with Crippen molar-refractivity contribution in [3.63, 3.8) is 0 Å². The number of nitrogens with zero attached hydrogens (tertiary/aromatic N) is 2. The number of anilines is 1. The summed E-state index contributed by atoms with van der Waals surface area (Å²) < 4.78 is 13.2. The van der Waals surface area contributed by atoms with Gasteiger partial charge < -0.3 is 14.8 Å². The zero-order valence-electron chi connectivity index (χ0n) is 14.4. The zero-order chi connectivity index (χ0) is 17.9. The summed E-state index contributed by atoms with van der Waals surface area (Å²) in [6.45, 7) is 2.65. The third-order valence-electron chi connectivity index (χ3n) is 4.13. The van der Waals surface area contributed by atoms with Crippen LogP contribution in [0.15, 0.2) is 60.7 Å². The molecule has 0 saturated heterocycles. The van der Waals surface area contributed by atoms with Gasteiger partial charge in [0.05, 0.1) is 12.2 Å². The van der Waals surface area contributed by atoms with Gasteiger partial charge in [-0.2, -0.15) is 5.10 Å². The standard InChI is InChI=1S/C20H19N3O3/c1-14-11-19(23(22-14)12-15-7-3-2-4-8-15)21-20(24)18-13-25-16-9-5-6-10-17(16)26-18/h2-11,18H,12-13H2,1H3,(H,21,24). The predicted molar refractivity (Wildman–Crippen MR) is 97.5 cm³/mol. The van der Waals surface area contributed by atoms with Crippen molar-refractivity contribution in [2.24, 2.45) is 0 Å². The molecule has 6 heteroatoms. The number of benzene rings is 2. The van der Waals surface area contributed by atoms with Crippen molar-refractivity contribution < 1.29 is 14.3 Å². The number of carbonyl (C=O) groups is 1. The molecule has 1 aliphatic rings. The van der Waals surface area contributed by atoms with E-state index < -0.39 is 6.10 Å². The fourth-order valence-corrected chi connectivity index (χ4v) is 2.88. The van der Waals surface area contributed by atoms with Gasteiger partial charge in [0.2, 0.25) is 6.10 Å². The van der Waals surface area contributed by atoms with E-state index in [1.165, 1.54) is 0 Å². The number of fused-ring (bicyclic) bond motifs is 1. The lowest BCUT2D eigenvalue weighted by atomic mass is 10.2. The SMILES string of the molecule is Cc1cc(NC(=O)C2COc3ccccc3O2)n(Cc2ccccc2)n1. The molecule has 1 N–H and O–H groups in total. The third-order valence-corrected chi connectivity index (χ3v) is 4.13. The summed E-state index contributed by atoms with van der Waals surface area (Å²) in [6, 6.07) is 19.2. The molecule has 132 valence electrons.